The molecule has 0 radical (unpaired) electrons. The van der Waals surface area contributed by atoms with Gasteiger partial charge in [0.15, 0.2) is 0 Å². The summed E-state index contributed by atoms with van der Waals surface area (Å²) < 4.78 is 0. The minimum atomic E-state index is -0.337. The Balaban J connectivity index is 4.09. The molecule has 2 N–H and O–H groups in total. The maximum atomic E-state index is 11.4. The van der Waals surface area contributed by atoms with Gasteiger partial charge in [0.1, 0.15) is 0 Å². The van der Waals surface area contributed by atoms with Gasteiger partial charge in [0.05, 0.1) is 10.9 Å². The molecule has 0 saturated heterocycles. The highest BCUT2D eigenvalue weighted by Crippen LogP contribution is 2.01. The van der Waals surface area contributed by atoms with Crippen LogP contribution in [0.3, 0.4) is 0 Å². The summed E-state index contributed by atoms with van der Waals surface area (Å²) >= 11 is 4.73. The van der Waals surface area contributed by atoms with E-state index >= 15 is 0 Å². The second-order valence-electron chi connectivity index (χ2n) is 2.88. The number of nitrogens with two attached hydrogens (primary N) is 1. The van der Waals surface area contributed by atoms with Gasteiger partial charge in [-0.15, -0.1) is 0 Å². The number of amides is 1. The van der Waals surface area contributed by atoms with Gasteiger partial charge < -0.3 is 10.6 Å². The van der Waals surface area contributed by atoms with Crippen molar-refractivity contribution in [3.8, 4) is 0 Å². The quantitative estimate of drug-likeness (QED) is 0.663. The largest absolute Gasteiger partial charge is 0.393 e. The molecule has 4 heteroatoms. The van der Waals surface area contributed by atoms with Crippen molar-refractivity contribution in [2.45, 2.75) is 20.3 Å². The van der Waals surface area contributed by atoms with E-state index in [-0.39, 0.29) is 16.8 Å². The monoisotopic (exact) mass is 188 g/mol. The van der Waals surface area contributed by atoms with E-state index in [2.05, 4.69) is 0 Å². The molecule has 0 rings (SSSR count). The van der Waals surface area contributed by atoms with Gasteiger partial charge in [-0.2, -0.15) is 0 Å². The standard InChI is InChI=1S/C8H16N2OS/c1-4-5-10(3)8(11)6(2)7(9)12/h6H,4-5H2,1-3H3,(H2,9,12). The van der Waals surface area contributed by atoms with E-state index in [1.807, 2.05) is 6.92 Å². The van der Waals surface area contributed by atoms with Gasteiger partial charge in [-0.05, 0) is 13.3 Å². The molecular weight excluding hydrogens is 172 g/mol. The van der Waals surface area contributed by atoms with Crippen LogP contribution >= 0.6 is 12.2 Å². The number of hydrogen-bond acceptors (Lipinski definition) is 2. The van der Waals surface area contributed by atoms with Crippen LogP contribution in [0.25, 0.3) is 0 Å². The van der Waals surface area contributed by atoms with E-state index in [1.54, 1.807) is 18.9 Å². The second kappa shape index (κ2) is 5.09. The third-order valence-corrected chi connectivity index (χ3v) is 2.09. The lowest BCUT2D eigenvalue weighted by Gasteiger charge is -2.19. The summed E-state index contributed by atoms with van der Waals surface area (Å²) in [6, 6.07) is 0. The SMILES string of the molecule is CCCN(C)C(=O)C(C)C(N)=S. The summed E-state index contributed by atoms with van der Waals surface area (Å²) in [5.74, 6) is -0.332. The molecule has 0 heterocycles. The Kier molecular flexibility index (Phi) is 4.81. The van der Waals surface area contributed by atoms with Crippen LogP contribution in [0.1, 0.15) is 20.3 Å². The first-order valence-corrected chi connectivity index (χ1v) is 4.45. The molecule has 0 bridgehead atoms. The number of thiocarbonyl (C=S) groups is 1. The molecule has 0 saturated carbocycles. The highest BCUT2D eigenvalue weighted by atomic mass is 32.1. The van der Waals surface area contributed by atoms with Gasteiger partial charge in [-0.1, -0.05) is 19.1 Å². The zero-order valence-electron chi connectivity index (χ0n) is 7.83. The molecule has 1 atom stereocenters. The maximum absolute atomic E-state index is 11.4. The molecule has 0 aromatic rings. The molecule has 1 amide bonds. The first kappa shape index (κ1) is 11.4. The molecule has 0 aromatic carbocycles. The topological polar surface area (TPSA) is 46.3 Å². The van der Waals surface area contributed by atoms with Gasteiger partial charge in [-0.25, -0.2) is 0 Å². The van der Waals surface area contributed by atoms with Gasteiger partial charge in [0.25, 0.3) is 0 Å². The summed E-state index contributed by atoms with van der Waals surface area (Å²) in [6.45, 7) is 4.51. The van der Waals surface area contributed by atoms with Gasteiger partial charge in [0.2, 0.25) is 5.91 Å². The van der Waals surface area contributed by atoms with Crippen LogP contribution in [-0.4, -0.2) is 29.4 Å². The summed E-state index contributed by atoms with van der Waals surface area (Å²) in [6.07, 6.45) is 0.951. The Morgan fingerprint density at radius 1 is 1.67 bits per heavy atom. The first-order chi connectivity index (χ1) is 5.50. The van der Waals surface area contributed by atoms with Crippen LogP contribution in [0.4, 0.5) is 0 Å². The molecule has 0 aromatic heterocycles. The van der Waals surface area contributed by atoms with Gasteiger partial charge >= 0.3 is 0 Å². The summed E-state index contributed by atoms with van der Waals surface area (Å²) in [5, 5.41) is 0. The molecule has 1 unspecified atom stereocenters. The lowest BCUT2D eigenvalue weighted by molar-refractivity contribution is -0.131. The van der Waals surface area contributed by atoms with Crippen molar-refractivity contribution in [3.05, 3.63) is 0 Å². The first-order valence-electron chi connectivity index (χ1n) is 4.05. The predicted molar refractivity (Wildman–Crippen MR) is 53.9 cm³/mol. The van der Waals surface area contributed by atoms with E-state index in [9.17, 15) is 4.79 Å². The van der Waals surface area contributed by atoms with Gasteiger partial charge in [0, 0.05) is 13.6 Å². The zero-order valence-corrected chi connectivity index (χ0v) is 8.65. The second-order valence-corrected chi connectivity index (χ2v) is 3.36. The molecule has 0 aliphatic heterocycles. The molecular formula is C8H16N2OS. The van der Waals surface area contributed by atoms with Gasteiger partial charge in [-0.3, -0.25) is 4.79 Å². The Labute approximate surface area is 78.9 Å². The minimum absolute atomic E-state index is 0.00403. The Bertz CT molecular complexity index is 182. The molecule has 0 aliphatic rings. The smallest absolute Gasteiger partial charge is 0.231 e. The number of carbonyl (C=O) groups is 1. The summed E-state index contributed by atoms with van der Waals surface area (Å²) in [7, 11) is 1.76. The van der Waals surface area contributed by atoms with Crippen LogP contribution in [0.15, 0.2) is 0 Å². The van der Waals surface area contributed by atoms with Crippen LogP contribution in [-0.2, 0) is 4.79 Å². The summed E-state index contributed by atoms with van der Waals surface area (Å²) in [4.78, 5) is 13.4. The molecule has 0 fully saturated rings. The minimum Gasteiger partial charge on any atom is -0.393 e. The fourth-order valence-corrected chi connectivity index (χ4v) is 0.999. The van der Waals surface area contributed by atoms with Crippen molar-refractivity contribution in [1.29, 1.82) is 0 Å². The van der Waals surface area contributed by atoms with E-state index < -0.39 is 0 Å². The van der Waals surface area contributed by atoms with E-state index in [0.29, 0.717) is 0 Å². The van der Waals surface area contributed by atoms with Crippen molar-refractivity contribution in [2.75, 3.05) is 13.6 Å². The number of rotatable bonds is 4. The third kappa shape index (κ3) is 3.17. The molecule has 3 nitrogen and oxygen atoms in total. The lowest BCUT2D eigenvalue weighted by Crippen LogP contribution is -2.37. The predicted octanol–water partition coefficient (Wildman–Crippen LogP) is 0.777. The van der Waals surface area contributed by atoms with Crippen LogP contribution < -0.4 is 5.73 Å². The normalized spacial score (nSPS) is 12.2. The third-order valence-electron chi connectivity index (χ3n) is 1.73. The van der Waals surface area contributed by atoms with Crippen molar-refractivity contribution in [2.24, 2.45) is 11.7 Å². The average Bonchev–Trinajstić information content (AvgIpc) is 2.02. The van der Waals surface area contributed by atoms with Crippen LogP contribution in [0.2, 0.25) is 0 Å². The lowest BCUT2D eigenvalue weighted by atomic mass is 10.1. The maximum Gasteiger partial charge on any atom is 0.231 e. The average molecular weight is 188 g/mol. The highest BCUT2D eigenvalue weighted by Gasteiger charge is 2.18. The number of carbonyl (C=O) groups excluding carboxylic acids is 1. The van der Waals surface area contributed by atoms with Crippen LogP contribution in [0.5, 0.6) is 0 Å². The Morgan fingerprint density at radius 3 is 2.50 bits per heavy atom. The zero-order chi connectivity index (χ0) is 9.72. The number of nitrogens with zero attached hydrogens (tertiary/aromatic N) is 1. The fraction of sp³-hybridized carbons (Fsp3) is 0.750. The molecule has 0 aliphatic carbocycles. The summed E-state index contributed by atoms with van der Waals surface area (Å²) in [5.41, 5.74) is 5.35. The number of hydrogen-bond donors (Lipinski definition) is 1. The van der Waals surface area contributed by atoms with Crippen molar-refractivity contribution in [3.63, 3.8) is 0 Å². The van der Waals surface area contributed by atoms with Crippen LogP contribution in [0, 0.1) is 5.92 Å². The molecule has 0 spiro atoms. The fourth-order valence-electron chi connectivity index (χ4n) is 0.898. The van der Waals surface area contributed by atoms with Crippen molar-refractivity contribution < 1.29 is 4.79 Å². The van der Waals surface area contributed by atoms with E-state index in [0.717, 1.165) is 13.0 Å². The molecule has 70 valence electrons. The molecule has 12 heavy (non-hydrogen) atoms. The van der Waals surface area contributed by atoms with Crippen molar-refractivity contribution >= 4 is 23.1 Å². The Hall–Kier alpha value is -0.640. The highest BCUT2D eigenvalue weighted by molar-refractivity contribution is 7.80. The van der Waals surface area contributed by atoms with Crippen molar-refractivity contribution in [1.82, 2.24) is 4.90 Å². The van der Waals surface area contributed by atoms with E-state index in [1.165, 1.54) is 0 Å². The Morgan fingerprint density at radius 2 is 2.17 bits per heavy atom. The van der Waals surface area contributed by atoms with E-state index in [4.69, 9.17) is 18.0 Å².